The molecule has 0 atom stereocenters. The van der Waals surface area contributed by atoms with E-state index in [0.717, 1.165) is 16.7 Å². The van der Waals surface area contributed by atoms with E-state index in [1.807, 2.05) is 18.2 Å². The Balaban J connectivity index is 2.50. The molecule has 0 fully saturated rings. The Morgan fingerprint density at radius 1 is 1.18 bits per heavy atom. The van der Waals surface area contributed by atoms with E-state index in [1.165, 1.54) is 12.1 Å². The van der Waals surface area contributed by atoms with Crippen LogP contribution in [-0.4, -0.2) is 0 Å². The summed E-state index contributed by atoms with van der Waals surface area (Å²) in [4.78, 5) is 0. The van der Waals surface area contributed by atoms with Gasteiger partial charge in [0.1, 0.15) is 5.82 Å². The van der Waals surface area contributed by atoms with Gasteiger partial charge in [-0.25, -0.2) is 4.39 Å². The summed E-state index contributed by atoms with van der Waals surface area (Å²) in [6, 6.07) is 11.9. The van der Waals surface area contributed by atoms with Crippen LogP contribution in [0.2, 0.25) is 5.02 Å². The minimum atomic E-state index is -0.270. The Bertz CT molecular complexity index is 596. The van der Waals surface area contributed by atoms with Gasteiger partial charge >= 0.3 is 0 Å². The highest BCUT2D eigenvalue weighted by Gasteiger charge is 2.04. The summed E-state index contributed by atoms with van der Waals surface area (Å²) in [5.74, 6) is -0.270. The number of halogens is 2. The Morgan fingerprint density at radius 2 is 2.00 bits per heavy atom. The standard InChI is InChI=1S/C15H10ClF/c1-2-4-11-7-8-14(15(16)9-11)12-5-3-6-13(17)10-12/h3-10H,1H2. The summed E-state index contributed by atoms with van der Waals surface area (Å²) in [6.45, 7) is 3.50. The first-order valence-corrected chi connectivity index (χ1v) is 5.50. The molecular weight excluding hydrogens is 235 g/mol. The normalized spacial score (nSPS) is 9.76. The van der Waals surface area contributed by atoms with Gasteiger partial charge in [0.05, 0.1) is 0 Å². The van der Waals surface area contributed by atoms with Crippen LogP contribution in [0.5, 0.6) is 0 Å². The molecule has 0 bridgehead atoms. The summed E-state index contributed by atoms with van der Waals surface area (Å²) in [6.07, 6.45) is 1.74. The molecule has 0 unspecified atom stereocenters. The summed E-state index contributed by atoms with van der Waals surface area (Å²) < 4.78 is 13.1. The van der Waals surface area contributed by atoms with E-state index in [4.69, 9.17) is 11.6 Å². The largest absolute Gasteiger partial charge is 0.207 e. The maximum absolute atomic E-state index is 13.1. The summed E-state index contributed by atoms with van der Waals surface area (Å²) >= 11 is 6.16. The predicted molar refractivity (Wildman–Crippen MR) is 70.5 cm³/mol. The highest BCUT2D eigenvalue weighted by Crippen LogP contribution is 2.29. The summed E-state index contributed by atoms with van der Waals surface area (Å²) in [7, 11) is 0. The third-order valence-electron chi connectivity index (χ3n) is 2.40. The third kappa shape index (κ3) is 2.65. The molecule has 0 aromatic heterocycles. The molecule has 0 nitrogen and oxygen atoms in total. The number of rotatable bonds is 2. The molecule has 17 heavy (non-hydrogen) atoms. The zero-order valence-corrected chi connectivity index (χ0v) is 9.84. The van der Waals surface area contributed by atoms with E-state index in [1.54, 1.807) is 18.2 Å². The second-order valence-electron chi connectivity index (χ2n) is 3.60. The van der Waals surface area contributed by atoms with Gasteiger partial charge in [0.15, 0.2) is 0 Å². The van der Waals surface area contributed by atoms with E-state index in [9.17, 15) is 4.39 Å². The molecule has 0 N–H and O–H groups in total. The molecule has 0 aliphatic heterocycles. The fourth-order valence-electron chi connectivity index (χ4n) is 1.63. The van der Waals surface area contributed by atoms with Gasteiger partial charge in [0.2, 0.25) is 0 Å². The lowest BCUT2D eigenvalue weighted by molar-refractivity contribution is 0.628. The summed E-state index contributed by atoms with van der Waals surface area (Å²) in [5.41, 5.74) is 5.19. The van der Waals surface area contributed by atoms with E-state index in [0.29, 0.717) is 5.02 Å². The van der Waals surface area contributed by atoms with Crippen molar-refractivity contribution in [2.45, 2.75) is 0 Å². The minimum Gasteiger partial charge on any atom is -0.207 e. The number of benzene rings is 2. The van der Waals surface area contributed by atoms with Crippen molar-refractivity contribution in [2.75, 3.05) is 0 Å². The Kier molecular flexibility index (Phi) is 3.43. The van der Waals surface area contributed by atoms with E-state index in [-0.39, 0.29) is 5.82 Å². The predicted octanol–water partition coefficient (Wildman–Crippen LogP) is 4.94. The fourth-order valence-corrected chi connectivity index (χ4v) is 1.93. The van der Waals surface area contributed by atoms with E-state index < -0.39 is 0 Å². The average molecular weight is 245 g/mol. The highest BCUT2D eigenvalue weighted by molar-refractivity contribution is 6.33. The molecule has 0 saturated heterocycles. The fraction of sp³-hybridized carbons (Fsp3) is 0. The Labute approximate surface area is 105 Å². The van der Waals surface area contributed by atoms with Crippen molar-refractivity contribution in [1.29, 1.82) is 0 Å². The smallest absolute Gasteiger partial charge is 0.123 e. The molecule has 2 aromatic carbocycles. The van der Waals surface area contributed by atoms with Crippen molar-refractivity contribution in [2.24, 2.45) is 0 Å². The molecule has 0 amide bonds. The van der Waals surface area contributed by atoms with Gasteiger partial charge in [-0.3, -0.25) is 0 Å². The molecule has 2 aromatic rings. The molecule has 84 valence electrons. The van der Waals surface area contributed by atoms with Crippen molar-refractivity contribution >= 4 is 17.7 Å². The van der Waals surface area contributed by atoms with Gasteiger partial charge in [-0.1, -0.05) is 42.4 Å². The Morgan fingerprint density at radius 3 is 2.65 bits per heavy atom. The van der Waals surface area contributed by atoms with Crippen LogP contribution >= 0.6 is 11.6 Å². The van der Waals surface area contributed by atoms with Crippen molar-refractivity contribution < 1.29 is 4.39 Å². The van der Waals surface area contributed by atoms with Gasteiger partial charge in [-0.15, -0.1) is 5.73 Å². The maximum Gasteiger partial charge on any atom is 0.123 e. The summed E-state index contributed by atoms with van der Waals surface area (Å²) in [5, 5.41) is 0.583. The van der Waals surface area contributed by atoms with Crippen molar-refractivity contribution in [3.8, 4) is 11.1 Å². The van der Waals surface area contributed by atoms with Gasteiger partial charge in [0, 0.05) is 10.6 Å². The van der Waals surface area contributed by atoms with Crippen molar-refractivity contribution in [3.05, 3.63) is 71.2 Å². The minimum absolute atomic E-state index is 0.270. The quantitative estimate of drug-likeness (QED) is 0.656. The first kappa shape index (κ1) is 11.7. The third-order valence-corrected chi connectivity index (χ3v) is 2.71. The zero-order chi connectivity index (χ0) is 12.3. The molecule has 0 aliphatic carbocycles. The molecule has 2 heteroatoms. The van der Waals surface area contributed by atoms with E-state index >= 15 is 0 Å². The van der Waals surface area contributed by atoms with Gasteiger partial charge in [-0.2, -0.15) is 0 Å². The second kappa shape index (κ2) is 5.01. The van der Waals surface area contributed by atoms with Crippen LogP contribution in [0.4, 0.5) is 4.39 Å². The SMILES string of the molecule is C=C=Cc1ccc(-c2cccc(F)c2)c(Cl)c1. The van der Waals surface area contributed by atoms with Crippen LogP contribution < -0.4 is 0 Å². The lowest BCUT2D eigenvalue weighted by Crippen LogP contribution is -1.82. The average Bonchev–Trinajstić information content (AvgIpc) is 2.29. The molecule has 2 rings (SSSR count). The highest BCUT2D eigenvalue weighted by atomic mass is 35.5. The topological polar surface area (TPSA) is 0 Å². The van der Waals surface area contributed by atoms with Crippen molar-refractivity contribution in [3.63, 3.8) is 0 Å². The monoisotopic (exact) mass is 244 g/mol. The second-order valence-corrected chi connectivity index (χ2v) is 4.01. The van der Waals surface area contributed by atoms with Gasteiger partial charge < -0.3 is 0 Å². The molecule has 0 aliphatic rings. The lowest BCUT2D eigenvalue weighted by atomic mass is 10.0. The number of hydrogen-bond acceptors (Lipinski definition) is 0. The van der Waals surface area contributed by atoms with Crippen LogP contribution in [0.1, 0.15) is 5.56 Å². The van der Waals surface area contributed by atoms with E-state index in [2.05, 4.69) is 12.3 Å². The van der Waals surface area contributed by atoms with Crippen LogP contribution in [0.3, 0.4) is 0 Å². The molecule has 0 saturated carbocycles. The molecule has 0 heterocycles. The molecule has 0 spiro atoms. The lowest BCUT2D eigenvalue weighted by Gasteiger charge is -2.05. The molecule has 0 radical (unpaired) electrons. The van der Waals surface area contributed by atoms with Crippen molar-refractivity contribution in [1.82, 2.24) is 0 Å². The Hall–Kier alpha value is -1.82. The number of hydrogen-bond donors (Lipinski definition) is 0. The van der Waals surface area contributed by atoms with Crippen LogP contribution in [0.15, 0.2) is 54.8 Å². The first-order valence-electron chi connectivity index (χ1n) is 5.12. The first-order chi connectivity index (χ1) is 8.20. The molecular formula is C15H10ClF. The maximum atomic E-state index is 13.1. The van der Waals surface area contributed by atoms with Crippen LogP contribution in [0, 0.1) is 5.82 Å². The van der Waals surface area contributed by atoms with Gasteiger partial charge in [-0.05, 0) is 35.4 Å². The zero-order valence-electron chi connectivity index (χ0n) is 9.08. The van der Waals surface area contributed by atoms with Gasteiger partial charge in [0.25, 0.3) is 0 Å². The van der Waals surface area contributed by atoms with Crippen LogP contribution in [0.25, 0.3) is 17.2 Å². The van der Waals surface area contributed by atoms with Crippen LogP contribution in [-0.2, 0) is 0 Å².